The van der Waals surface area contributed by atoms with E-state index in [0.29, 0.717) is 17.8 Å². The summed E-state index contributed by atoms with van der Waals surface area (Å²) in [6.07, 6.45) is 4.18. The highest BCUT2D eigenvalue weighted by molar-refractivity contribution is 5.73. The normalized spacial score (nSPS) is 14.6. The van der Waals surface area contributed by atoms with E-state index >= 15 is 0 Å². The molecular weight excluding hydrogens is 212 g/mol. The molecule has 0 radical (unpaired) electrons. The summed E-state index contributed by atoms with van der Waals surface area (Å²) in [6, 6.07) is 10.5. The zero-order chi connectivity index (χ0) is 11.7. The van der Waals surface area contributed by atoms with Crippen molar-refractivity contribution >= 4 is 11.8 Å². The van der Waals surface area contributed by atoms with Crippen molar-refractivity contribution in [3.05, 3.63) is 36.5 Å². The minimum absolute atomic E-state index is 0.523. The summed E-state index contributed by atoms with van der Waals surface area (Å²) in [4.78, 5) is 8.58. The monoisotopic (exact) mass is 226 g/mol. The zero-order valence-electron chi connectivity index (χ0n) is 9.43. The summed E-state index contributed by atoms with van der Waals surface area (Å²) in [5.41, 5.74) is 7.88. The van der Waals surface area contributed by atoms with Gasteiger partial charge in [-0.1, -0.05) is 30.3 Å². The fourth-order valence-electron chi connectivity index (χ4n) is 1.71. The van der Waals surface area contributed by atoms with Gasteiger partial charge in [-0.15, -0.1) is 0 Å². The lowest BCUT2D eigenvalue weighted by Crippen LogP contribution is -2.07. The molecule has 17 heavy (non-hydrogen) atoms. The van der Waals surface area contributed by atoms with E-state index in [9.17, 15) is 0 Å². The van der Waals surface area contributed by atoms with Gasteiger partial charge in [0.05, 0.1) is 0 Å². The van der Waals surface area contributed by atoms with Crippen molar-refractivity contribution in [3.63, 3.8) is 0 Å². The van der Waals surface area contributed by atoms with Crippen molar-refractivity contribution in [2.75, 3.05) is 11.1 Å². The molecule has 1 saturated carbocycles. The number of nitrogen functional groups attached to an aromatic ring is 1. The van der Waals surface area contributed by atoms with Crippen molar-refractivity contribution in [3.8, 4) is 11.1 Å². The fraction of sp³-hybridized carbons (Fsp3) is 0.231. The van der Waals surface area contributed by atoms with Crippen molar-refractivity contribution in [2.24, 2.45) is 0 Å². The summed E-state index contributed by atoms with van der Waals surface area (Å²) in [6.45, 7) is 0. The van der Waals surface area contributed by atoms with Crippen molar-refractivity contribution in [1.82, 2.24) is 9.97 Å². The molecule has 4 heteroatoms. The van der Waals surface area contributed by atoms with Crippen LogP contribution in [0.25, 0.3) is 11.1 Å². The molecule has 0 aliphatic heterocycles. The molecule has 1 aromatic heterocycles. The molecule has 86 valence electrons. The molecule has 0 amide bonds. The average molecular weight is 226 g/mol. The van der Waals surface area contributed by atoms with Crippen LogP contribution in [0.3, 0.4) is 0 Å². The van der Waals surface area contributed by atoms with Crippen molar-refractivity contribution < 1.29 is 0 Å². The number of hydrogen-bond donors (Lipinski definition) is 2. The number of nitrogens with zero attached hydrogens (tertiary/aromatic N) is 2. The lowest BCUT2D eigenvalue weighted by atomic mass is 10.1. The Morgan fingerprint density at radius 1 is 1.18 bits per heavy atom. The number of rotatable bonds is 3. The highest BCUT2D eigenvalue weighted by Gasteiger charge is 2.22. The van der Waals surface area contributed by atoms with E-state index in [4.69, 9.17) is 5.73 Å². The van der Waals surface area contributed by atoms with Gasteiger partial charge in [-0.2, -0.15) is 4.98 Å². The minimum atomic E-state index is 0.523. The molecule has 1 aliphatic carbocycles. The van der Waals surface area contributed by atoms with Gasteiger partial charge >= 0.3 is 0 Å². The third-order valence-corrected chi connectivity index (χ3v) is 2.81. The lowest BCUT2D eigenvalue weighted by Gasteiger charge is -2.07. The van der Waals surface area contributed by atoms with Gasteiger partial charge in [0, 0.05) is 17.8 Å². The molecule has 4 nitrogen and oxygen atoms in total. The predicted octanol–water partition coefficient (Wildman–Crippen LogP) is 2.30. The zero-order valence-corrected chi connectivity index (χ0v) is 9.43. The van der Waals surface area contributed by atoms with Gasteiger partial charge in [-0.3, -0.25) is 0 Å². The maximum atomic E-state index is 5.96. The van der Waals surface area contributed by atoms with Crippen LogP contribution in [0.15, 0.2) is 36.5 Å². The van der Waals surface area contributed by atoms with E-state index in [2.05, 4.69) is 15.3 Å². The number of aromatic nitrogens is 2. The second kappa shape index (κ2) is 4.05. The van der Waals surface area contributed by atoms with Gasteiger partial charge in [0.2, 0.25) is 5.95 Å². The van der Waals surface area contributed by atoms with Crippen LogP contribution in [-0.4, -0.2) is 16.0 Å². The van der Waals surface area contributed by atoms with Crippen LogP contribution in [-0.2, 0) is 0 Å². The summed E-state index contributed by atoms with van der Waals surface area (Å²) in [5, 5.41) is 3.23. The molecule has 3 rings (SSSR count). The molecule has 0 saturated heterocycles. The van der Waals surface area contributed by atoms with Crippen LogP contribution in [0.1, 0.15) is 12.8 Å². The predicted molar refractivity (Wildman–Crippen MR) is 68.5 cm³/mol. The van der Waals surface area contributed by atoms with Crippen molar-refractivity contribution in [1.29, 1.82) is 0 Å². The highest BCUT2D eigenvalue weighted by Crippen LogP contribution is 2.26. The molecule has 0 spiro atoms. The first kappa shape index (κ1) is 10.1. The molecule has 1 aliphatic rings. The first-order chi connectivity index (χ1) is 8.33. The Morgan fingerprint density at radius 3 is 2.59 bits per heavy atom. The quantitative estimate of drug-likeness (QED) is 0.842. The van der Waals surface area contributed by atoms with Gasteiger partial charge in [-0.05, 0) is 18.4 Å². The molecule has 2 aromatic rings. The number of hydrogen-bond acceptors (Lipinski definition) is 4. The Bertz CT molecular complexity index is 520. The number of anilines is 2. The van der Waals surface area contributed by atoms with Crippen LogP contribution in [0.4, 0.5) is 11.8 Å². The molecule has 3 N–H and O–H groups in total. The van der Waals surface area contributed by atoms with Crippen LogP contribution < -0.4 is 11.1 Å². The van der Waals surface area contributed by atoms with Crippen LogP contribution in [0.5, 0.6) is 0 Å². The first-order valence-electron chi connectivity index (χ1n) is 5.77. The highest BCUT2D eigenvalue weighted by atomic mass is 15.1. The number of nitrogens with two attached hydrogens (primary N) is 1. The Balaban J connectivity index is 1.90. The SMILES string of the molecule is Nc1nc(NC2CC2)ncc1-c1ccccc1. The topological polar surface area (TPSA) is 63.8 Å². The fourth-order valence-corrected chi connectivity index (χ4v) is 1.71. The lowest BCUT2D eigenvalue weighted by molar-refractivity contribution is 1.06. The minimum Gasteiger partial charge on any atom is -0.383 e. The maximum Gasteiger partial charge on any atom is 0.224 e. The summed E-state index contributed by atoms with van der Waals surface area (Å²) >= 11 is 0. The maximum absolute atomic E-state index is 5.96. The Morgan fingerprint density at radius 2 is 1.94 bits per heavy atom. The smallest absolute Gasteiger partial charge is 0.224 e. The largest absolute Gasteiger partial charge is 0.383 e. The number of benzene rings is 1. The van der Waals surface area contributed by atoms with Gasteiger partial charge in [0.15, 0.2) is 0 Å². The standard InChI is InChI=1S/C13H14N4/c14-12-11(9-4-2-1-3-5-9)8-15-13(17-12)16-10-6-7-10/h1-5,8,10H,6-7H2,(H3,14,15,16,17). The van der Waals surface area contributed by atoms with Gasteiger partial charge in [-0.25, -0.2) is 4.98 Å². The molecule has 0 bridgehead atoms. The van der Waals surface area contributed by atoms with Crippen molar-refractivity contribution in [2.45, 2.75) is 18.9 Å². The van der Waals surface area contributed by atoms with Gasteiger partial charge in [0.1, 0.15) is 5.82 Å². The van der Waals surface area contributed by atoms with E-state index in [1.165, 1.54) is 12.8 Å². The Kier molecular flexibility index (Phi) is 2.40. The summed E-state index contributed by atoms with van der Waals surface area (Å²) in [7, 11) is 0. The van der Waals surface area contributed by atoms with E-state index in [0.717, 1.165) is 11.1 Å². The Labute approximate surface area is 99.9 Å². The summed E-state index contributed by atoms with van der Waals surface area (Å²) < 4.78 is 0. The third-order valence-electron chi connectivity index (χ3n) is 2.81. The van der Waals surface area contributed by atoms with Crippen LogP contribution in [0, 0.1) is 0 Å². The number of nitrogens with one attached hydrogen (secondary N) is 1. The van der Waals surface area contributed by atoms with Gasteiger partial charge < -0.3 is 11.1 Å². The molecule has 0 unspecified atom stereocenters. The van der Waals surface area contributed by atoms with Crippen LogP contribution in [0.2, 0.25) is 0 Å². The summed E-state index contributed by atoms with van der Waals surface area (Å²) in [5.74, 6) is 1.15. The molecule has 1 aromatic carbocycles. The van der Waals surface area contributed by atoms with E-state index in [1.807, 2.05) is 30.3 Å². The second-order valence-corrected chi connectivity index (χ2v) is 4.28. The molecule has 1 fully saturated rings. The molecule has 1 heterocycles. The van der Waals surface area contributed by atoms with E-state index < -0.39 is 0 Å². The molecular formula is C13H14N4. The Hall–Kier alpha value is -2.10. The molecule has 0 atom stereocenters. The third kappa shape index (κ3) is 2.20. The average Bonchev–Trinajstić information content (AvgIpc) is 3.14. The van der Waals surface area contributed by atoms with Crippen LogP contribution >= 0.6 is 0 Å². The van der Waals surface area contributed by atoms with E-state index in [-0.39, 0.29) is 0 Å². The second-order valence-electron chi connectivity index (χ2n) is 4.28. The first-order valence-corrected chi connectivity index (χ1v) is 5.77. The van der Waals surface area contributed by atoms with E-state index in [1.54, 1.807) is 6.20 Å². The van der Waals surface area contributed by atoms with Gasteiger partial charge in [0.25, 0.3) is 0 Å².